The topological polar surface area (TPSA) is 66.0 Å². The summed E-state index contributed by atoms with van der Waals surface area (Å²) in [5, 5.41) is 9.31. The fourth-order valence-electron chi connectivity index (χ4n) is 2.63. The first-order valence-electron chi connectivity index (χ1n) is 6.43. The van der Waals surface area contributed by atoms with Crippen LogP contribution < -0.4 is 0 Å². The Bertz CT molecular complexity index is 651. The molecule has 0 bridgehead atoms. The molecule has 0 amide bonds. The molecule has 2 saturated carbocycles. The molecule has 0 atom stereocenters. The van der Waals surface area contributed by atoms with Gasteiger partial charge >= 0.3 is 5.97 Å². The van der Waals surface area contributed by atoms with Gasteiger partial charge in [-0.15, -0.1) is 0 Å². The van der Waals surface area contributed by atoms with E-state index in [9.17, 15) is 9.90 Å². The maximum absolute atomic E-state index is 11.3. The Morgan fingerprint density at radius 2 is 2.17 bits per heavy atom. The number of carboxylic acids is 1. The van der Waals surface area contributed by atoms with Crippen LogP contribution in [0.3, 0.4) is 0 Å². The molecule has 0 unspecified atom stereocenters. The molecule has 1 heterocycles. The van der Waals surface area contributed by atoms with E-state index >= 15 is 0 Å². The van der Waals surface area contributed by atoms with Crippen molar-refractivity contribution >= 4 is 17.0 Å². The van der Waals surface area contributed by atoms with Crippen LogP contribution in [-0.2, 0) is 10.2 Å². The Labute approximate surface area is 104 Å². The Kier molecular flexibility index (Phi) is 1.76. The molecule has 1 aromatic carbocycles. The molecular formula is C14H14N2O2. The Balaban J connectivity index is 1.81. The van der Waals surface area contributed by atoms with Crippen LogP contribution >= 0.6 is 0 Å². The lowest BCUT2D eigenvalue weighted by Crippen LogP contribution is -2.19. The molecule has 4 rings (SSSR count). The van der Waals surface area contributed by atoms with Crippen molar-refractivity contribution in [1.82, 2.24) is 9.97 Å². The van der Waals surface area contributed by atoms with Crippen molar-refractivity contribution in [2.75, 3.05) is 0 Å². The lowest BCUT2D eigenvalue weighted by Gasteiger charge is -2.09. The van der Waals surface area contributed by atoms with Gasteiger partial charge < -0.3 is 10.1 Å². The number of nitrogens with one attached hydrogen (secondary N) is 1. The fourth-order valence-corrected chi connectivity index (χ4v) is 2.63. The summed E-state index contributed by atoms with van der Waals surface area (Å²) in [4.78, 5) is 19.2. The van der Waals surface area contributed by atoms with Crippen LogP contribution in [0.4, 0.5) is 0 Å². The van der Waals surface area contributed by atoms with E-state index in [1.165, 1.54) is 12.8 Å². The third-order valence-electron chi connectivity index (χ3n) is 4.18. The van der Waals surface area contributed by atoms with Crippen LogP contribution in [0.5, 0.6) is 0 Å². The summed E-state index contributed by atoms with van der Waals surface area (Å²) in [6, 6.07) is 5.83. The first kappa shape index (κ1) is 10.1. The van der Waals surface area contributed by atoms with E-state index < -0.39 is 11.4 Å². The highest BCUT2D eigenvalue weighted by Gasteiger charge is 2.51. The molecule has 2 aromatic rings. The first-order chi connectivity index (χ1) is 8.69. The molecule has 2 aliphatic rings. The molecule has 2 aliphatic carbocycles. The molecule has 0 saturated heterocycles. The van der Waals surface area contributed by atoms with Gasteiger partial charge in [-0.1, -0.05) is 6.07 Å². The van der Waals surface area contributed by atoms with Crippen molar-refractivity contribution in [3.05, 3.63) is 29.6 Å². The summed E-state index contributed by atoms with van der Waals surface area (Å²) in [7, 11) is 0. The van der Waals surface area contributed by atoms with Gasteiger partial charge in [0.25, 0.3) is 0 Å². The quantitative estimate of drug-likeness (QED) is 0.869. The zero-order valence-electron chi connectivity index (χ0n) is 9.94. The van der Waals surface area contributed by atoms with E-state index in [2.05, 4.69) is 9.97 Å². The number of rotatable bonds is 3. The number of carbonyl (C=O) groups is 1. The number of fused-ring (bicyclic) bond motifs is 1. The van der Waals surface area contributed by atoms with E-state index in [1.54, 1.807) is 0 Å². The third kappa shape index (κ3) is 1.32. The van der Waals surface area contributed by atoms with Gasteiger partial charge in [0.2, 0.25) is 0 Å². The minimum Gasteiger partial charge on any atom is -0.481 e. The molecule has 92 valence electrons. The number of hydrogen-bond acceptors (Lipinski definition) is 2. The average Bonchev–Trinajstić information content (AvgIpc) is 3.23. The minimum absolute atomic E-state index is 0.593. The Morgan fingerprint density at radius 3 is 2.78 bits per heavy atom. The van der Waals surface area contributed by atoms with Gasteiger partial charge in [0.15, 0.2) is 0 Å². The van der Waals surface area contributed by atoms with Gasteiger partial charge in [-0.3, -0.25) is 4.79 Å². The van der Waals surface area contributed by atoms with E-state index in [-0.39, 0.29) is 0 Å². The largest absolute Gasteiger partial charge is 0.481 e. The lowest BCUT2D eigenvalue weighted by molar-refractivity contribution is -0.140. The van der Waals surface area contributed by atoms with Crippen LogP contribution in [0.2, 0.25) is 0 Å². The number of aromatic amines is 1. The summed E-state index contributed by atoms with van der Waals surface area (Å²) >= 11 is 0. The van der Waals surface area contributed by atoms with Gasteiger partial charge in [0.1, 0.15) is 5.82 Å². The van der Waals surface area contributed by atoms with Gasteiger partial charge in [0.05, 0.1) is 16.4 Å². The zero-order valence-corrected chi connectivity index (χ0v) is 9.94. The molecular weight excluding hydrogens is 228 g/mol. The number of H-pyrrole nitrogens is 1. The number of aliphatic carboxylic acids is 1. The monoisotopic (exact) mass is 242 g/mol. The summed E-state index contributed by atoms with van der Waals surface area (Å²) < 4.78 is 0. The predicted molar refractivity (Wildman–Crippen MR) is 66.6 cm³/mol. The summed E-state index contributed by atoms with van der Waals surface area (Å²) in [5.74, 6) is 0.946. The van der Waals surface area contributed by atoms with Crippen molar-refractivity contribution in [3.63, 3.8) is 0 Å². The number of carboxylic acid groups (broad SMARTS) is 1. The average molecular weight is 242 g/mol. The molecule has 1 aromatic heterocycles. The Hall–Kier alpha value is -1.84. The van der Waals surface area contributed by atoms with Crippen LogP contribution in [-0.4, -0.2) is 21.0 Å². The molecule has 2 fully saturated rings. The SMILES string of the molecule is O=C(O)C1(c2ccc3nc(C4CC4)[nH]c3c2)CC1. The van der Waals surface area contributed by atoms with Gasteiger partial charge in [0, 0.05) is 5.92 Å². The van der Waals surface area contributed by atoms with Gasteiger partial charge in [-0.05, 0) is 43.4 Å². The predicted octanol–water partition coefficient (Wildman–Crippen LogP) is 2.56. The van der Waals surface area contributed by atoms with Crippen molar-refractivity contribution in [3.8, 4) is 0 Å². The van der Waals surface area contributed by atoms with Crippen LogP contribution in [0, 0.1) is 0 Å². The second-order valence-corrected chi connectivity index (χ2v) is 5.52. The van der Waals surface area contributed by atoms with Crippen molar-refractivity contribution < 1.29 is 9.90 Å². The van der Waals surface area contributed by atoms with Crippen LogP contribution in [0.25, 0.3) is 11.0 Å². The summed E-state index contributed by atoms with van der Waals surface area (Å²) in [5.41, 5.74) is 2.20. The fraction of sp³-hybridized carbons (Fsp3) is 0.429. The molecule has 0 radical (unpaired) electrons. The third-order valence-corrected chi connectivity index (χ3v) is 4.18. The second kappa shape index (κ2) is 3.13. The van der Waals surface area contributed by atoms with Crippen LogP contribution in [0.1, 0.15) is 43.0 Å². The number of imidazole rings is 1. The zero-order chi connectivity index (χ0) is 12.3. The molecule has 18 heavy (non-hydrogen) atoms. The highest BCUT2D eigenvalue weighted by atomic mass is 16.4. The minimum atomic E-state index is -0.705. The van der Waals surface area contributed by atoms with E-state index in [0.29, 0.717) is 5.92 Å². The number of aromatic nitrogens is 2. The van der Waals surface area contributed by atoms with Crippen molar-refractivity contribution in [2.45, 2.75) is 37.0 Å². The Morgan fingerprint density at radius 1 is 1.39 bits per heavy atom. The normalized spacial score (nSPS) is 21.1. The molecule has 4 nitrogen and oxygen atoms in total. The number of hydrogen-bond donors (Lipinski definition) is 2. The maximum Gasteiger partial charge on any atom is 0.314 e. The highest BCUT2D eigenvalue weighted by Crippen LogP contribution is 2.49. The van der Waals surface area contributed by atoms with E-state index in [1.807, 2.05) is 18.2 Å². The maximum atomic E-state index is 11.3. The van der Waals surface area contributed by atoms with Gasteiger partial charge in [-0.25, -0.2) is 4.98 Å². The highest BCUT2D eigenvalue weighted by molar-refractivity contribution is 5.87. The molecule has 4 heteroatoms. The molecule has 0 spiro atoms. The number of nitrogens with zero attached hydrogens (tertiary/aromatic N) is 1. The lowest BCUT2D eigenvalue weighted by atomic mass is 9.96. The molecule has 0 aliphatic heterocycles. The van der Waals surface area contributed by atoms with Gasteiger partial charge in [-0.2, -0.15) is 0 Å². The summed E-state index contributed by atoms with van der Waals surface area (Å²) in [6.07, 6.45) is 3.92. The van der Waals surface area contributed by atoms with Crippen molar-refractivity contribution in [2.24, 2.45) is 0 Å². The van der Waals surface area contributed by atoms with Crippen LogP contribution in [0.15, 0.2) is 18.2 Å². The van der Waals surface area contributed by atoms with E-state index in [0.717, 1.165) is 35.3 Å². The summed E-state index contributed by atoms with van der Waals surface area (Å²) in [6.45, 7) is 0. The molecule has 2 N–H and O–H groups in total. The van der Waals surface area contributed by atoms with Crippen molar-refractivity contribution in [1.29, 1.82) is 0 Å². The second-order valence-electron chi connectivity index (χ2n) is 5.52. The standard InChI is InChI=1S/C14H14N2O2/c17-13(18)14(5-6-14)9-3-4-10-11(7-9)16-12(15-10)8-1-2-8/h3-4,7-8H,1-2,5-6H2,(H,15,16)(H,17,18). The number of benzene rings is 1. The van der Waals surface area contributed by atoms with E-state index in [4.69, 9.17) is 0 Å². The smallest absolute Gasteiger partial charge is 0.314 e. The first-order valence-corrected chi connectivity index (χ1v) is 6.43.